The van der Waals surface area contributed by atoms with Crippen LogP contribution in [0.15, 0.2) is 42.5 Å². The number of benzene rings is 1. The maximum absolute atomic E-state index is 9.23. The predicted molar refractivity (Wildman–Crippen MR) is 106 cm³/mol. The van der Waals surface area contributed by atoms with Gasteiger partial charge >= 0.3 is 0 Å². The number of aliphatic hydroxyl groups excluding tert-OH is 1. The molecule has 0 spiro atoms. The largest absolute Gasteiger partial charge is 0.392 e. The lowest BCUT2D eigenvalue weighted by Gasteiger charge is -2.40. The van der Waals surface area contributed by atoms with Crippen LogP contribution in [0.5, 0.6) is 0 Å². The highest BCUT2D eigenvalue weighted by atomic mass is 16.3. The Kier molecular flexibility index (Phi) is 5.66. The summed E-state index contributed by atoms with van der Waals surface area (Å²) in [5.41, 5.74) is 4.36. The number of aliphatic hydroxyl groups is 1. The molecule has 3 heteroatoms. The number of likely N-dealkylation sites (tertiary alicyclic amines) is 1. The Hall–Kier alpha value is -1.71. The maximum atomic E-state index is 9.23. The fourth-order valence-electron chi connectivity index (χ4n) is 4.65. The number of hydrogen-bond acceptors (Lipinski definition) is 3. The molecule has 2 fully saturated rings. The normalized spacial score (nSPS) is 22.4. The molecule has 1 saturated carbocycles. The average Bonchev–Trinajstić information content (AvgIpc) is 2.75. The van der Waals surface area contributed by atoms with Gasteiger partial charge in [0.15, 0.2) is 0 Å². The Morgan fingerprint density at radius 3 is 2.50 bits per heavy atom. The molecule has 1 aliphatic carbocycles. The van der Waals surface area contributed by atoms with E-state index >= 15 is 0 Å². The number of hydrogen-bond donors (Lipinski definition) is 1. The van der Waals surface area contributed by atoms with Gasteiger partial charge < -0.3 is 5.11 Å². The first-order valence-corrected chi connectivity index (χ1v) is 10.2. The molecule has 1 aromatic carbocycles. The van der Waals surface area contributed by atoms with Crippen LogP contribution in [0.3, 0.4) is 0 Å². The first kappa shape index (κ1) is 17.7. The molecule has 2 aliphatic rings. The van der Waals surface area contributed by atoms with Crippen molar-refractivity contribution in [2.75, 3.05) is 13.1 Å². The second-order valence-corrected chi connectivity index (χ2v) is 7.93. The fraction of sp³-hybridized carbons (Fsp3) is 0.522. The Balaban J connectivity index is 1.49. The van der Waals surface area contributed by atoms with Gasteiger partial charge in [0.25, 0.3) is 0 Å². The van der Waals surface area contributed by atoms with E-state index in [-0.39, 0.29) is 6.61 Å². The molecule has 2 heterocycles. The second kappa shape index (κ2) is 8.32. The predicted octanol–water partition coefficient (Wildman–Crippen LogP) is 4.75. The molecule has 3 nitrogen and oxygen atoms in total. The zero-order valence-electron chi connectivity index (χ0n) is 15.6. The van der Waals surface area contributed by atoms with Gasteiger partial charge in [0.05, 0.1) is 12.3 Å². The highest BCUT2D eigenvalue weighted by Gasteiger charge is 2.28. The minimum Gasteiger partial charge on any atom is -0.392 e. The van der Waals surface area contributed by atoms with E-state index in [0.717, 1.165) is 22.9 Å². The molecule has 1 aromatic heterocycles. The van der Waals surface area contributed by atoms with E-state index < -0.39 is 0 Å². The van der Waals surface area contributed by atoms with Gasteiger partial charge in [-0.1, -0.05) is 49.6 Å². The van der Waals surface area contributed by atoms with Gasteiger partial charge in [-0.15, -0.1) is 0 Å². The van der Waals surface area contributed by atoms with E-state index in [2.05, 4.69) is 35.2 Å². The van der Waals surface area contributed by atoms with E-state index in [0.29, 0.717) is 5.92 Å². The van der Waals surface area contributed by atoms with Gasteiger partial charge in [-0.25, -0.2) is 0 Å². The van der Waals surface area contributed by atoms with Gasteiger partial charge in [-0.2, -0.15) is 0 Å². The molecule has 0 bridgehead atoms. The van der Waals surface area contributed by atoms with Crippen LogP contribution in [-0.2, 0) is 6.61 Å². The number of pyridine rings is 1. The van der Waals surface area contributed by atoms with Crippen molar-refractivity contribution in [3.63, 3.8) is 0 Å². The van der Waals surface area contributed by atoms with Crippen molar-refractivity contribution < 1.29 is 5.11 Å². The highest BCUT2D eigenvalue weighted by Crippen LogP contribution is 2.32. The van der Waals surface area contributed by atoms with Crippen molar-refractivity contribution in [1.29, 1.82) is 0 Å². The van der Waals surface area contributed by atoms with E-state index in [4.69, 9.17) is 4.98 Å². The SMILES string of the molecule is OCc1ccc(-c2cccc(C3CCCN(C4CCCCC4)C3)n2)cc1. The third kappa shape index (κ3) is 3.99. The monoisotopic (exact) mass is 350 g/mol. The van der Waals surface area contributed by atoms with Gasteiger partial charge in [0.1, 0.15) is 0 Å². The lowest BCUT2D eigenvalue weighted by Crippen LogP contribution is -2.43. The number of nitrogens with zero attached hydrogens (tertiary/aromatic N) is 2. The summed E-state index contributed by atoms with van der Waals surface area (Å²) in [5.74, 6) is 0.558. The smallest absolute Gasteiger partial charge is 0.0705 e. The highest BCUT2D eigenvalue weighted by molar-refractivity contribution is 5.59. The van der Waals surface area contributed by atoms with E-state index in [1.165, 1.54) is 63.7 Å². The minimum atomic E-state index is 0.0901. The van der Waals surface area contributed by atoms with E-state index in [1.807, 2.05) is 12.1 Å². The van der Waals surface area contributed by atoms with Crippen LogP contribution in [0.25, 0.3) is 11.3 Å². The lowest BCUT2D eigenvalue weighted by molar-refractivity contribution is 0.118. The maximum Gasteiger partial charge on any atom is 0.0705 e. The van der Waals surface area contributed by atoms with Crippen molar-refractivity contribution in [3.05, 3.63) is 53.7 Å². The molecule has 1 aliphatic heterocycles. The molecule has 138 valence electrons. The molecule has 26 heavy (non-hydrogen) atoms. The number of piperidine rings is 1. The quantitative estimate of drug-likeness (QED) is 0.864. The summed E-state index contributed by atoms with van der Waals surface area (Å²) in [7, 11) is 0. The molecule has 0 amide bonds. The zero-order chi connectivity index (χ0) is 17.8. The van der Waals surface area contributed by atoms with Gasteiger partial charge in [-0.05, 0) is 49.9 Å². The summed E-state index contributed by atoms with van der Waals surface area (Å²) < 4.78 is 0. The average molecular weight is 351 g/mol. The van der Waals surface area contributed by atoms with E-state index in [9.17, 15) is 5.11 Å². The molecule has 2 aromatic rings. The molecule has 1 atom stereocenters. The Morgan fingerprint density at radius 2 is 1.73 bits per heavy atom. The molecule has 1 saturated heterocycles. The van der Waals surface area contributed by atoms with E-state index in [1.54, 1.807) is 0 Å². The third-order valence-corrected chi connectivity index (χ3v) is 6.17. The van der Waals surface area contributed by atoms with Gasteiger partial charge in [-0.3, -0.25) is 9.88 Å². The summed E-state index contributed by atoms with van der Waals surface area (Å²) in [4.78, 5) is 7.76. The minimum absolute atomic E-state index is 0.0901. The van der Waals surface area contributed by atoms with Crippen LogP contribution < -0.4 is 0 Å². The van der Waals surface area contributed by atoms with Crippen LogP contribution in [0.4, 0.5) is 0 Å². The summed E-state index contributed by atoms with van der Waals surface area (Å²) in [6, 6.07) is 15.3. The fourth-order valence-corrected chi connectivity index (χ4v) is 4.65. The Bertz CT molecular complexity index is 706. The van der Waals surface area contributed by atoms with Gasteiger partial charge in [0.2, 0.25) is 0 Å². The molecule has 1 unspecified atom stereocenters. The van der Waals surface area contributed by atoms with Crippen LogP contribution >= 0.6 is 0 Å². The summed E-state index contributed by atoms with van der Waals surface area (Å²) >= 11 is 0. The lowest BCUT2D eigenvalue weighted by atomic mass is 9.88. The molecular weight excluding hydrogens is 320 g/mol. The van der Waals surface area contributed by atoms with Crippen LogP contribution in [0.1, 0.15) is 62.1 Å². The van der Waals surface area contributed by atoms with Crippen LogP contribution in [-0.4, -0.2) is 34.1 Å². The standard InChI is InChI=1S/C23H30N2O/c26-17-18-11-13-19(14-12-18)22-9-4-10-23(24-22)20-6-5-15-25(16-20)21-7-2-1-3-8-21/h4,9-14,20-21,26H,1-3,5-8,15-17H2. The van der Waals surface area contributed by atoms with Crippen molar-refractivity contribution in [3.8, 4) is 11.3 Å². The number of rotatable bonds is 4. The molecule has 4 rings (SSSR count). The summed E-state index contributed by atoms with van der Waals surface area (Å²) in [5, 5.41) is 9.23. The van der Waals surface area contributed by atoms with Crippen molar-refractivity contribution in [2.24, 2.45) is 0 Å². The first-order chi connectivity index (χ1) is 12.8. The van der Waals surface area contributed by atoms with Crippen molar-refractivity contribution in [1.82, 2.24) is 9.88 Å². The number of aromatic nitrogens is 1. The first-order valence-electron chi connectivity index (χ1n) is 10.2. The molecular formula is C23H30N2O. The molecule has 1 N–H and O–H groups in total. The van der Waals surface area contributed by atoms with Crippen LogP contribution in [0.2, 0.25) is 0 Å². The Labute approximate surface area is 157 Å². The zero-order valence-corrected chi connectivity index (χ0v) is 15.6. The Morgan fingerprint density at radius 1 is 0.923 bits per heavy atom. The van der Waals surface area contributed by atoms with Crippen molar-refractivity contribution in [2.45, 2.75) is 63.5 Å². The topological polar surface area (TPSA) is 36.4 Å². The second-order valence-electron chi connectivity index (χ2n) is 7.93. The van der Waals surface area contributed by atoms with Crippen molar-refractivity contribution >= 4 is 0 Å². The summed E-state index contributed by atoms with van der Waals surface area (Å²) in [6.45, 7) is 2.53. The molecule has 0 radical (unpaired) electrons. The van der Waals surface area contributed by atoms with Crippen LogP contribution in [0, 0.1) is 0 Å². The third-order valence-electron chi connectivity index (χ3n) is 6.17. The van der Waals surface area contributed by atoms with Gasteiger partial charge in [0, 0.05) is 29.8 Å². The summed E-state index contributed by atoms with van der Waals surface area (Å²) in [6.07, 6.45) is 9.55.